The molecular formula is C14H14BrF2NO3. The highest BCUT2D eigenvalue weighted by molar-refractivity contribution is 9.10. The molecule has 0 fully saturated rings. The van der Waals surface area contributed by atoms with Gasteiger partial charge in [-0.2, -0.15) is 8.78 Å². The predicted octanol–water partition coefficient (Wildman–Crippen LogP) is 3.53. The summed E-state index contributed by atoms with van der Waals surface area (Å²) >= 11 is 3.31. The van der Waals surface area contributed by atoms with Crippen molar-refractivity contribution in [2.45, 2.75) is 31.8 Å². The molecule has 0 radical (unpaired) electrons. The monoisotopic (exact) mass is 361 g/mol. The first-order chi connectivity index (χ1) is 9.92. The van der Waals surface area contributed by atoms with E-state index in [0.29, 0.717) is 5.71 Å². The summed E-state index contributed by atoms with van der Waals surface area (Å²) in [4.78, 5) is 16.2. The number of benzene rings is 1. The molecular weight excluding hydrogens is 348 g/mol. The van der Waals surface area contributed by atoms with E-state index in [2.05, 4.69) is 25.8 Å². The first-order valence-electron chi connectivity index (χ1n) is 6.46. The largest absolute Gasteiger partial charge is 0.462 e. The molecule has 114 valence electrons. The first-order valence-corrected chi connectivity index (χ1v) is 7.25. The van der Waals surface area contributed by atoms with Gasteiger partial charge in [-0.15, -0.1) is 0 Å². The molecule has 1 heterocycles. The quantitative estimate of drug-likeness (QED) is 0.753. The lowest BCUT2D eigenvalue weighted by Crippen LogP contribution is -2.35. The molecule has 0 saturated heterocycles. The fraction of sp³-hybridized carbons (Fsp3) is 0.429. The van der Waals surface area contributed by atoms with Crippen molar-refractivity contribution >= 4 is 27.6 Å². The second-order valence-corrected chi connectivity index (χ2v) is 5.52. The molecule has 1 atom stereocenters. The second kappa shape index (κ2) is 6.51. The molecule has 0 bridgehead atoms. The molecule has 4 nitrogen and oxygen atoms in total. The van der Waals surface area contributed by atoms with Crippen LogP contribution < -0.4 is 0 Å². The van der Waals surface area contributed by atoms with Crippen molar-refractivity contribution in [1.29, 1.82) is 0 Å². The summed E-state index contributed by atoms with van der Waals surface area (Å²) < 4.78 is 32.5. The van der Waals surface area contributed by atoms with Crippen LogP contribution in [-0.4, -0.2) is 30.3 Å². The van der Waals surface area contributed by atoms with Crippen molar-refractivity contribution in [3.8, 4) is 0 Å². The maximum Gasteiger partial charge on any atom is 0.377 e. The van der Waals surface area contributed by atoms with Gasteiger partial charge < -0.3 is 9.57 Å². The van der Waals surface area contributed by atoms with E-state index in [0.717, 1.165) is 10.0 Å². The van der Waals surface area contributed by atoms with Crippen molar-refractivity contribution in [3.05, 3.63) is 34.3 Å². The van der Waals surface area contributed by atoms with E-state index in [4.69, 9.17) is 4.84 Å². The molecule has 0 N–H and O–H groups in total. The van der Waals surface area contributed by atoms with E-state index in [9.17, 15) is 13.6 Å². The van der Waals surface area contributed by atoms with Crippen molar-refractivity contribution < 1.29 is 23.1 Å². The molecule has 1 aliphatic heterocycles. The molecule has 1 aromatic rings. The summed E-state index contributed by atoms with van der Waals surface area (Å²) in [6, 6.07) is 7.30. The summed E-state index contributed by atoms with van der Waals surface area (Å²) in [7, 11) is 0. The lowest BCUT2D eigenvalue weighted by atomic mass is 10.0. The molecule has 21 heavy (non-hydrogen) atoms. The number of rotatable bonds is 5. The van der Waals surface area contributed by atoms with Crippen molar-refractivity contribution in [1.82, 2.24) is 0 Å². The first kappa shape index (κ1) is 15.9. The van der Waals surface area contributed by atoms with Crippen LogP contribution in [0.5, 0.6) is 0 Å². The summed E-state index contributed by atoms with van der Waals surface area (Å²) in [5, 5.41) is 3.82. The zero-order valence-electron chi connectivity index (χ0n) is 11.3. The van der Waals surface area contributed by atoms with E-state index in [1.54, 1.807) is 0 Å². The third-order valence-corrected chi connectivity index (χ3v) is 3.50. The Morgan fingerprint density at radius 3 is 2.76 bits per heavy atom. The Labute approximate surface area is 129 Å². The zero-order valence-corrected chi connectivity index (χ0v) is 12.9. The van der Waals surface area contributed by atoms with Crippen LogP contribution in [0.1, 0.15) is 25.3 Å². The number of hydrogen-bond acceptors (Lipinski definition) is 4. The number of carbonyl (C=O) groups is 1. The fourth-order valence-corrected chi connectivity index (χ4v) is 2.22. The average Bonchev–Trinajstić information content (AvgIpc) is 2.87. The minimum Gasteiger partial charge on any atom is -0.462 e. The summed E-state index contributed by atoms with van der Waals surface area (Å²) in [5.74, 6) is -5.09. The number of halogens is 3. The summed E-state index contributed by atoms with van der Waals surface area (Å²) in [6.45, 7) is 1.40. The zero-order chi connectivity index (χ0) is 15.5. The molecule has 7 heteroatoms. The van der Waals surface area contributed by atoms with Crippen LogP contribution in [0.2, 0.25) is 0 Å². The SMILES string of the molecule is CCOC(=O)C(F)(F)CC1CC(c2ccc(Br)cc2)=NO1. The van der Waals surface area contributed by atoms with Crippen LogP contribution in [-0.2, 0) is 14.4 Å². The lowest BCUT2D eigenvalue weighted by Gasteiger charge is -2.17. The van der Waals surface area contributed by atoms with Crippen LogP contribution in [0, 0.1) is 0 Å². The highest BCUT2D eigenvalue weighted by Gasteiger charge is 2.44. The van der Waals surface area contributed by atoms with Crippen molar-refractivity contribution in [2.75, 3.05) is 6.61 Å². The van der Waals surface area contributed by atoms with Gasteiger partial charge in [-0.05, 0) is 24.6 Å². The molecule has 1 unspecified atom stereocenters. The Bertz CT molecular complexity index is 546. The molecule has 0 aromatic heterocycles. The van der Waals surface area contributed by atoms with Gasteiger partial charge >= 0.3 is 11.9 Å². The van der Waals surface area contributed by atoms with Crippen LogP contribution in [0.3, 0.4) is 0 Å². The van der Waals surface area contributed by atoms with Gasteiger partial charge in [-0.1, -0.05) is 33.2 Å². The predicted molar refractivity (Wildman–Crippen MR) is 76.4 cm³/mol. The van der Waals surface area contributed by atoms with Gasteiger partial charge in [0.1, 0.15) is 6.10 Å². The standard InChI is InChI=1S/C14H14BrF2NO3/c1-2-20-13(19)14(16,17)8-11-7-12(18-21-11)9-3-5-10(15)6-4-9/h3-6,11H,2,7-8H2,1H3. The minimum absolute atomic E-state index is 0.0827. The lowest BCUT2D eigenvalue weighted by molar-refractivity contribution is -0.176. The second-order valence-electron chi connectivity index (χ2n) is 4.61. The fourth-order valence-electron chi connectivity index (χ4n) is 1.96. The van der Waals surface area contributed by atoms with Crippen molar-refractivity contribution in [3.63, 3.8) is 0 Å². The average molecular weight is 362 g/mol. The molecule has 0 aliphatic carbocycles. The molecule has 1 aromatic carbocycles. The van der Waals surface area contributed by atoms with Crippen molar-refractivity contribution in [2.24, 2.45) is 5.16 Å². The number of hydrogen-bond donors (Lipinski definition) is 0. The number of nitrogens with zero attached hydrogens (tertiary/aromatic N) is 1. The molecule has 1 aliphatic rings. The van der Waals surface area contributed by atoms with Gasteiger partial charge in [0.25, 0.3) is 0 Å². The van der Waals surface area contributed by atoms with Gasteiger partial charge in [0.15, 0.2) is 0 Å². The van der Waals surface area contributed by atoms with E-state index < -0.39 is 24.4 Å². The Kier molecular flexibility index (Phi) is 4.92. The van der Waals surface area contributed by atoms with Gasteiger partial charge in [-0.3, -0.25) is 0 Å². The number of carbonyl (C=O) groups excluding carboxylic acids is 1. The van der Waals surface area contributed by atoms with Gasteiger partial charge in [0, 0.05) is 10.9 Å². The highest BCUT2D eigenvalue weighted by atomic mass is 79.9. The number of esters is 1. The van der Waals surface area contributed by atoms with E-state index >= 15 is 0 Å². The minimum atomic E-state index is -3.56. The maximum atomic E-state index is 13.6. The third kappa shape index (κ3) is 4.00. The van der Waals surface area contributed by atoms with Crippen LogP contribution in [0.25, 0.3) is 0 Å². The van der Waals surface area contributed by atoms with Gasteiger partial charge in [0.05, 0.1) is 18.7 Å². The third-order valence-electron chi connectivity index (χ3n) is 2.97. The summed E-state index contributed by atoms with van der Waals surface area (Å²) in [5.41, 5.74) is 1.40. The summed E-state index contributed by atoms with van der Waals surface area (Å²) in [6.07, 6.45) is -1.34. The molecule has 0 spiro atoms. The smallest absolute Gasteiger partial charge is 0.377 e. The maximum absolute atomic E-state index is 13.6. The Balaban J connectivity index is 1.95. The van der Waals surface area contributed by atoms with E-state index in [-0.39, 0.29) is 13.0 Å². The van der Waals surface area contributed by atoms with E-state index in [1.165, 1.54) is 6.92 Å². The molecule has 0 saturated carbocycles. The van der Waals surface area contributed by atoms with Crippen LogP contribution in [0.15, 0.2) is 33.9 Å². The van der Waals surface area contributed by atoms with E-state index in [1.807, 2.05) is 24.3 Å². The normalized spacial score (nSPS) is 18.1. The van der Waals surface area contributed by atoms with Gasteiger partial charge in [0.2, 0.25) is 0 Å². The Morgan fingerprint density at radius 1 is 1.48 bits per heavy atom. The number of alkyl halides is 2. The van der Waals surface area contributed by atoms with Crippen LogP contribution in [0.4, 0.5) is 8.78 Å². The molecule has 0 amide bonds. The Hall–Kier alpha value is -1.50. The van der Waals surface area contributed by atoms with Gasteiger partial charge in [-0.25, -0.2) is 4.79 Å². The number of oxime groups is 1. The highest BCUT2D eigenvalue weighted by Crippen LogP contribution is 2.29. The molecule has 2 rings (SSSR count). The number of ether oxygens (including phenoxy) is 1. The van der Waals surface area contributed by atoms with Crippen LogP contribution >= 0.6 is 15.9 Å². The topological polar surface area (TPSA) is 47.9 Å². The Morgan fingerprint density at radius 2 is 2.14 bits per heavy atom.